The van der Waals surface area contributed by atoms with Crippen molar-refractivity contribution in [3.05, 3.63) is 52.6 Å². The van der Waals surface area contributed by atoms with Gasteiger partial charge in [-0.3, -0.25) is 14.9 Å². The number of hydrogen-bond donors (Lipinski definition) is 1. The largest absolute Gasteiger partial charge is 0.450 e. The van der Waals surface area contributed by atoms with Crippen LogP contribution in [0.4, 0.5) is 11.4 Å². The first-order valence-corrected chi connectivity index (χ1v) is 9.97. The molecule has 2 rings (SSSR count). The predicted molar refractivity (Wildman–Crippen MR) is 104 cm³/mol. The van der Waals surface area contributed by atoms with Crippen LogP contribution in [0.1, 0.15) is 20.8 Å². The number of ether oxygens (including phenoxy) is 1. The molecule has 0 aliphatic carbocycles. The van der Waals surface area contributed by atoms with Gasteiger partial charge in [-0.1, -0.05) is 19.9 Å². The van der Waals surface area contributed by atoms with Gasteiger partial charge in [0.05, 0.1) is 9.82 Å². The summed E-state index contributed by atoms with van der Waals surface area (Å²) in [5.41, 5.74) is -0.00783. The number of amides is 1. The third kappa shape index (κ3) is 4.84. The lowest BCUT2D eigenvalue weighted by Crippen LogP contribution is -2.30. The summed E-state index contributed by atoms with van der Waals surface area (Å²) in [6.07, 6.45) is 0. The summed E-state index contributed by atoms with van der Waals surface area (Å²) in [7, 11) is -3.84. The van der Waals surface area contributed by atoms with Crippen molar-refractivity contribution in [2.45, 2.75) is 25.7 Å². The SMILES string of the molecule is CCN(CC)S(=O)(=O)c1ccc(Oc2cccc(NC(C)=O)c2)c([N+](=O)[O-])c1. The van der Waals surface area contributed by atoms with Crippen LogP contribution < -0.4 is 10.1 Å². The second-order valence-electron chi connectivity index (χ2n) is 5.79. The molecule has 0 spiro atoms. The Bertz CT molecular complexity index is 987. The molecule has 0 atom stereocenters. The molecule has 0 radical (unpaired) electrons. The minimum Gasteiger partial charge on any atom is -0.450 e. The van der Waals surface area contributed by atoms with Gasteiger partial charge < -0.3 is 10.1 Å². The van der Waals surface area contributed by atoms with Gasteiger partial charge in [0, 0.05) is 37.8 Å². The quantitative estimate of drug-likeness (QED) is 0.529. The predicted octanol–water partition coefficient (Wildman–Crippen LogP) is 3.38. The van der Waals surface area contributed by atoms with Crippen molar-refractivity contribution in [3.63, 3.8) is 0 Å². The molecular weight excluding hydrogens is 386 g/mol. The second kappa shape index (κ2) is 8.81. The molecule has 1 amide bonds. The van der Waals surface area contributed by atoms with Gasteiger partial charge in [0.15, 0.2) is 0 Å². The minimum absolute atomic E-state index is 0.108. The van der Waals surface area contributed by atoms with Gasteiger partial charge in [0.1, 0.15) is 5.75 Å². The Kier molecular flexibility index (Phi) is 6.71. The molecule has 0 saturated carbocycles. The lowest BCUT2D eigenvalue weighted by atomic mass is 10.2. The lowest BCUT2D eigenvalue weighted by molar-refractivity contribution is -0.385. The summed E-state index contributed by atoms with van der Waals surface area (Å²) in [5.74, 6) is -0.119. The normalized spacial score (nSPS) is 11.3. The van der Waals surface area contributed by atoms with E-state index >= 15 is 0 Å². The number of sulfonamides is 1. The molecule has 1 N–H and O–H groups in total. The first-order valence-electron chi connectivity index (χ1n) is 8.53. The first-order chi connectivity index (χ1) is 13.2. The first kappa shape index (κ1) is 21.3. The van der Waals surface area contributed by atoms with E-state index < -0.39 is 20.6 Å². The summed E-state index contributed by atoms with van der Waals surface area (Å²) in [6, 6.07) is 9.84. The Hall–Kier alpha value is -2.98. The van der Waals surface area contributed by atoms with Crippen LogP contribution in [-0.2, 0) is 14.8 Å². The van der Waals surface area contributed by atoms with Crippen LogP contribution in [-0.4, -0.2) is 36.6 Å². The maximum Gasteiger partial charge on any atom is 0.312 e. The Morgan fingerprint density at radius 3 is 2.43 bits per heavy atom. The zero-order chi connectivity index (χ0) is 20.9. The number of nitro benzene ring substituents is 1. The number of carbonyl (C=O) groups excluding carboxylic acids is 1. The number of rotatable bonds is 8. The van der Waals surface area contributed by atoms with E-state index in [4.69, 9.17) is 4.74 Å². The van der Waals surface area contributed by atoms with Crippen LogP contribution >= 0.6 is 0 Å². The molecule has 150 valence electrons. The van der Waals surface area contributed by atoms with E-state index in [9.17, 15) is 23.3 Å². The Morgan fingerprint density at radius 2 is 1.86 bits per heavy atom. The van der Waals surface area contributed by atoms with E-state index in [0.29, 0.717) is 5.69 Å². The second-order valence-corrected chi connectivity index (χ2v) is 7.72. The molecule has 10 heteroatoms. The van der Waals surface area contributed by atoms with Crippen molar-refractivity contribution in [2.24, 2.45) is 0 Å². The molecule has 28 heavy (non-hydrogen) atoms. The topological polar surface area (TPSA) is 119 Å². The molecule has 9 nitrogen and oxygen atoms in total. The van der Waals surface area contributed by atoms with Gasteiger partial charge in [-0.25, -0.2) is 8.42 Å². The Balaban J connectivity index is 2.42. The maximum atomic E-state index is 12.6. The van der Waals surface area contributed by atoms with Crippen molar-refractivity contribution in [1.29, 1.82) is 0 Å². The highest BCUT2D eigenvalue weighted by Crippen LogP contribution is 2.34. The molecule has 0 bridgehead atoms. The van der Waals surface area contributed by atoms with Crippen LogP contribution in [0, 0.1) is 10.1 Å². The summed E-state index contributed by atoms with van der Waals surface area (Å²) in [6.45, 7) is 5.24. The zero-order valence-corrected chi connectivity index (χ0v) is 16.5. The van der Waals surface area contributed by atoms with Gasteiger partial charge in [-0.2, -0.15) is 4.31 Å². The van der Waals surface area contributed by atoms with Crippen LogP contribution in [0.3, 0.4) is 0 Å². The molecule has 0 aliphatic rings. The average Bonchev–Trinajstić information content (AvgIpc) is 2.62. The number of nitrogens with one attached hydrogen (secondary N) is 1. The molecular formula is C18H21N3O6S. The molecule has 0 heterocycles. The molecule has 0 fully saturated rings. The number of anilines is 1. The fourth-order valence-corrected chi connectivity index (χ4v) is 4.05. The van der Waals surface area contributed by atoms with Crippen LogP contribution in [0.25, 0.3) is 0 Å². The lowest BCUT2D eigenvalue weighted by Gasteiger charge is -2.18. The van der Waals surface area contributed by atoms with Crippen molar-refractivity contribution < 1.29 is 22.9 Å². The highest BCUT2D eigenvalue weighted by atomic mass is 32.2. The number of carbonyl (C=O) groups is 1. The van der Waals surface area contributed by atoms with Crippen LogP contribution in [0.5, 0.6) is 11.5 Å². The summed E-state index contributed by atoms with van der Waals surface area (Å²) >= 11 is 0. The molecule has 0 aliphatic heterocycles. The molecule has 0 aromatic heterocycles. The Labute approximate surface area is 163 Å². The fourth-order valence-electron chi connectivity index (χ4n) is 2.57. The van der Waals surface area contributed by atoms with Gasteiger partial charge in [-0.15, -0.1) is 0 Å². The van der Waals surface area contributed by atoms with Gasteiger partial charge in [0.2, 0.25) is 21.7 Å². The van der Waals surface area contributed by atoms with E-state index in [-0.39, 0.29) is 35.4 Å². The summed E-state index contributed by atoms with van der Waals surface area (Å²) in [4.78, 5) is 21.8. The maximum absolute atomic E-state index is 12.6. The smallest absolute Gasteiger partial charge is 0.312 e. The third-order valence-electron chi connectivity index (χ3n) is 3.85. The standard InChI is InChI=1S/C18H21N3O6S/c1-4-20(5-2)28(25,26)16-9-10-18(17(12-16)21(23)24)27-15-8-6-7-14(11-15)19-13(3)22/h6-12H,4-5H2,1-3H3,(H,19,22). The number of hydrogen-bond acceptors (Lipinski definition) is 6. The van der Waals surface area contributed by atoms with Crippen LogP contribution in [0.2, 0.25) is 0 Å². The monoisotopic (exact) mass is 407 g/mol. The van der Waals surface area contributed by atoms with Gasteiger partial charge >= 0.3 is 5.69 Å². The number of nitrogens with zero attached hydrogens (tertiary/aromatic N) is 2. The van der Waals surface area contributed by atoms with Crippen molar-refractivity contribution in [3.8, 4) is 11.5 Å². The third-order valence-corrected chi connectivity index (χ3v) is 5.90. The average molecular weight is 407 g/mol. The summed E-state index contributed by atoms with van der Waals surface area (Å²) < 4.78 is 32.0. The van der Waals surface area contributed by atoms with Crippen LogP contribution in [0.15, 0.2) is 47.4 Å². The van der Waals surface area contributed by atoms with Gasteiger partial charge in [-0.05, 0) is 24.3 Å². The van der Waals surface area contributed by atoms with Crippen molar-refractivity contribution >= 4 is 27.3 Å². The fraction of sp³-hybridized carbons (Fsp3) is 0.278. The van der Waals surface area contributed by atoms with E-state index in [1.165, 1.54) is 29.4 Å². The highest BCUT2D eigenvalue weighted by Gasteiger charge is 2.26. The molecule has 2 aromatic carbocycles. The van der Waals surface area contributed by atoms with E-state index in [1.54, 1.807) is 32.0 Å². The zero-order valence-electron chi connectivity index (χ0n) is 15.7. The molecule has 2 aromatic rings. The minimum atomic E-state index is -3.84. The van der Waals surface area contributed by atoms with E-state index in [2.05, 4.69) is 5.32 Å². The van der Waals surface area contributed by atoms with Crippen molar-refractivity contribution in [2.75, 3.05) is 18.4 Å². The highest BCUT2D eigenvalue weighted by molar-refractivity contribution is 7.89. The Morgan fingerprint density at radius 1 is 1.18 bits per heavy atom. The van der Waals surface area contributed by atoms with Gasteiger partial charge in [0.25, 0.3) is 0 Å². The molecule has 0 unspecified atom stereocenters. The van der Waals surface area contributed by atoms with Crippen molar-refractivity contribution in [1.82, 2.24) is 4.31 Å². The number of nitro groups is 1. The van der Waals surface area contributed by atoms with E-state index in [0.717, 1.165) is 6.07 Å². The summed E-state index contributed by atoms with van der Waals surface area (Å²) in [5, 5.41) is 14.1. The number of benzene rings is 2. The molecule has 0 saturated heterocycles. The van der Waals surface area contributed by atoms with E-state index in [1.807, 2.05) is 0 Å².